The van der Waals surface area contributed by atoms with Gasteiger partial charge in [-0.15, -0.1) is 0 Å². The fraction of sp³-hybridized carbons (Fsp3) is 0.462. The third kappa shape index (κ3) is 3.08. The van der Waals surface area contributed by atoms with Gasteiger partial charge in [-0.25, -0.2) is 0 Å². The molecule has 2 heteroatoms. The molecule has 0 heterocycles. The zero-order valence-electron chi connectivity index (χ0n) is 9.89. The summed E-state index contributed by atoms with van der Waals surface area (Å²) in [6.45, 7) is 7.94. The lowest BCUT2D eigenvalue weighted by atomic mass is 10.1. The van der Waals surface area contributed by atoms with Crippen LogP contribution < -0.4 is 4.74 Å². The lowest BCUT2D eigenvalue weighted by molar-refractivity contribution is -0.134. The van der Waals surface area contributed by atoms with Crippen molar-refractivity contribution in [3.8, 4) is 5.75 Å². The van der Waals surface area contributed by atoms with Gasteiger partial charge in [-0.2, -0.15) is 0 Å². The Kier molecular flexibility index (Phi) is 3.89. The molecule has 0 spiro atoms. The molecular formula is C13H18O2. The van der Waals surface area contributed by atoms with E-state index in [1.54, 1.807) is 0 Å². The van der Waals surface area contributed by atoms with Crippen LogP contribution in [0.4, 0.5) is 0 Å². The van der Waals surface area contributed by atoms with Crippen molar-refractivity contribution in [2.24, 2.45) is 0 Å². The van der Waals surface area contributed by atoms with Crippen LogP contribution in [0.25, 0.3) is 0 Å². The van der Waals surface area contributed by atoms with Gasteiger partial charge in [-0.1, -0.05) is 24.6 Å². The van der Waals surface area contributed by atoms with E-state index < -0.39 is 0 Å². The van der Waals surface area contributed by atoms with Gasteiger partial charge in [0.25, 0.3) is 0 Å². The smallest absolute Gasteiger partial charge is 0.311 e. The van der Waals surface area contributed by atoms with Gasteiger partial charge in [0.1, 0.15) is 5.75 Å². The first-order valence-electron chi connectivity index (χ1n) is 5.33. The summed E-state index contributed by atoms with van der Waals surface area (Å²) < 4.78 is 5.33. The molecular weight excluding hydrogens is 188 g/mol. The topological polar surface area (TPSA) is 26.3 Å². The van der Waals surface area contributed by atoms with Crippen LogP contribution in [0.15, 0.2) is 12.1 Å². The summed E-state index contributed by atoms with van der Waals surface area (Å²) in [5, 5.41) is 0. The highest BCUT2D eigenvalue weighted by molar-refractivity contribution is 5.73. The summed E-state index contributed by atoms with van der Waals surface area (Å²) in [6.07, 6.45) is 1.30. The van der Waals surface area contributed by atoms with Gasteiger partial charge in [0.2, 0.25) is 0 Å². The van der Waals surface area contributed by atoms with E-state index in [-0.39, 0.29) is 5.97 Å². The summed E-state index contributed by atoms with van der Waals surface area (Å²) in [5.41, 5.74) is 3.24. The van der Waals surface area contributed by atoms with Crippen LogP contribution in [-0.4, -0.2) is 5.97 Å². The predicted molar refractivity (Wildman–Crippen MR) is 61.2 cm³/mol. The minimum Gasteiger partial charge on any atom is -0.426 e. The molecule has 0 aliphatic heterocycles. The van der Waals surface area contributed by atoms with Crippen LogP contribution in [0.5, 0.6) is 5.75 Å². The van der Waals surface area contributed by atoms with Gasteiger partial charge in [0.05, 0.1) is 0 Å². The fourth-order valence-electron chi connectivity index (χ4n) is 1.70. The summed E-state index contributed by atoms with van der Waals surface area (Å²) in [7, 11) is 0. The third-order valence-corrected chi connectivity index (χ3v) is 2.27. The number of hydrogen-bond donors (Lipinski definition) is 0. The minimum atomic E-state index is -0.146. The van der Waals surface area contributed by atoms with Crippen LogP contribution in [0.3, 0.4) is 0 Å². The lowest BCUT2D eigenvalue weighted by Crippen LogP contribution is -2.09. The second-order valence-corrected chi connectivity index (χ2v) is 3.95. The molecule has 1 aromatic carbocycles. The molecule has 0 radical (unpaired) electrons. The maximum Gasteiger partial charge on any atom is 0.311 e. The molecule has 0 aliphatic carbocycles. The van der Waals surface area contributed by atoms with E-state index in [0.717, 1.165) is 23.3 Å². The van der Waals surface area contributed by atoms with Crippen molar-refractivity contribution < 1.29 is 9.53 Å². The quantitative estimate of drug-likeness (QED) is 0.560. The largest absolute Gasteiger partial charge is 0.426 e. The van der Waals surface area contributed by atoms with Gasteiger partial charge < -0.3 is 4.74 Å². The first-order chi connectivity index (χ1) is 7.04. The Balaban J connectivity index is 2.90. The molecule has 0 atom stereocenters. The Morgan fingerprint density at radius 1 is 1.20 bits per heavy atom. The summed E-state index contributed by atoms with van der Waals surface area (Å²) in [5.74, 6) is 0.576. The molecule has 0 saturated carbocycles. The molecule has 0 aromatic heterocycles. The van der Waals surface area contributed by atoms with Gasteiger partial charge in [-0.05, 0) is 38.3 Å². The standard InChI is InChI=1S/C13H18O2/c1-5-6-12(14)15-13-10(3)7-9(2)8-11(13)4/h7-8H,5-6H2,1-4H3. The Bertz CT molecular complexity index is 344. The van der Waals surface area contributed by atoms with Gasteiger partial charge in [0.15, 0.2) is 0 Å². The summed E-state index contributed by atoms with van der Waals surface area (Å²) in [6, 6.07) is 4.06. The number of carbonyl (C=O) groups excluding carboxylic acids is 1. The molecule has 0 bridgehead atoms. The maximum atomic E-state index is 11.4. The van der Waals surface area contributed by atoms with Crippen LogP contribution in [-0.2, 0) is 4.79 Å². The Labute approximate surface area is 91.3 Å². The second kappa shape index (κ2) is 4.96. The molecule has 0 N–H and O–H groups in total. The molecule has 0 amide bonds. The molecule has 82 valence electrons. The van der Waals surface area contributed by atoms with Crippen molar-refractivity contribution in [2.45, 2.75) is 40.5 Å². The maximum absolute atomic E-state index is 11.4. The van der Waals surface area contributed by atoms with Gasteiger partial charge >= 0.3 is 5.97 Å². The van der Waals surface area contributed by atoms with Crippen LogP contribution in [0.1, 0.15) is 36.5 Å². The van der Waals surface area contributed by atoms with E-state index in [0.29, 0.717) is 6.42 Å². The third-order valence-electron chi connectivity index (χ3n) is 2.27. The first kappa shape index (κ1) is 11.8. The number of aryl methyl sites for hydroxylation is 3. The average Bonchev–Trinajstić information content (AvgIpc) is 2.11. The minimum absolute atomic E-state index is 0.146. The van der Waals surface area contributed by atoms with Gasteiger partial charge in [-0.3, -0.25) is 4.79 Å². The lowest BCUT2D eigenvalue weighted by Gasteiger charge is -2.11. The van der Waals surface area contributed by atoms with E-state index >= 15 is 0 Å². The Morgan fingerprint density at radius 3 is 2.20 bits per heavy atom. The van der Waals surface area contributed by atoms with Crippen LogP contribution >= 0.6 is 0 Å². The number of rotatable bonds is 3. The SMILES string of the molecule is CCCC(=O)Oc1c(C)cc(C)cc1C. The number of hydrogen-bond acceptors (Lipinski definition) is 2. The van der Waals surface area contributed by atoms with E-state index in [4.69, 9.17) is 4.74 Å². The monoisotopic (exact) mass is 206 g/mol. The molecule has 0 saturated heterocycles. The Hall–Kier alpha value is -1.31. The van der Waals surface area contributed by atoms with Crippen molar-refractivity contribution >= 4 is 5.97 Å². The van der Waals surface area contributed by atoms with E-state index in [1.165, 1.54) is 5.56 Å². The predicted octanol–water partition coefficient (Wildman–Crippen LogP) is 3.32. The highest BCUT2D eigenvalue weighted by Gasteiger charge is 2.09. The van der Waals surface area contributed by atoms with E-state index in [9.17, 15) is 4.79 Å². The first-order valence-corrected chi connectivity index (χ1v) is 5.33. The van der Waals surface area contributed by atoms with E-state index in [1.807, 2.05) is 39.8 Å². The zero-order chi connectivity index (χ0) is 11.4. The van der Waals surface area contributed by atoms with Crippen molar-refractivity contribution in [3.05, 3.63) is 28.8 Å². The normalized spacial score (nSPS) is 10.1. The van der Waals surface area contributed by atoms with Crippen molar-refractivity contribution in [2.75, 3.05) is 0 Å². The van der Waals surface area contributed by atoms with Crippen molar-refractivity contribution in [3.63, 3.8) is 0 Å². The van der Waals surface area contributed by atoms with Crippen LogP contribution in [0, 0.1) is 20.8 Å². The molecule has 0 unspecified atom stereocenters. The molecule has 1 aromatic rings. The summed E-state index contributed by atoms with van der Waals surface area (Å²) in [4.78, 5) is 11.4. The average molecular weight is 206 g/mol. The molecule has 1 rings (SSSR count). The number of ether oxygens (including phenoxy) is 1. The second-order valence-electron chi connectivity index (χ2n) is 3.95. The van der Waals surface area contributed by atoms with Crippen LogP contribution in [0.2, 0.25) is 0 Å². The van der Waals surface area contributed by atoms with Crippen molar-refractivity contribution in [1.82, 2.24) is 0 Å². The Morgan fingerprint density at radius 2 is 1.73 bits per heavy atom. The fourth-order valence-corrected chi connectivity index (χ4v) is 1.70. The molecule has 15 heavy (non-hydrogen) atoms. The van der Waals surface area contributed by atoms with Crippen molar-refractivity contribution in [1.29, 1.82) is 0 Å². The zero-order valence-corrected chi connectivity index (χ0v) is 9.89. The number of esters is 1. The van der Waals surface area contributed by atoms with E-state index in [2.05, 4.69) is 0 Å². The molecule has 0 aliphatic rings. The number of benzene rings is 1. The van der Waals surface area contributed by atoms with Gasteiger partial charge in [0, 0.05) is 6.42 Å². The highest BCUT2D eigenvalue weighted by atomic mass is 16.5. The molecule has 0 fully saturated rings. The molecule has 2 nitrogen and oxygen atoms in total. The highest BCUT2D eigenvalue weighted by Crippen LogP contribution is 2.24. The summed E-state index contributed by atoms with van der Waals surface area (Å²) >= 11 is 0. The number of carbonyl (C=O) groups is 1.